The van der Waals surface area contributed by atoms with Crippen molar-refractivity contribution in [3.05, 3.63) is 34.9 Å². The van der Waals surface area contributed by atoms with Gasteiger partial charge >= 0.3 is 5.97 Å². The van der Waals surface area contributed by atoms with Crippen LogP contribution in [0.3, 0.4) is 0 Å². The Labute approximate surface area is 119 Å². The molecule has 2 unspecified atom stereocenters. The molecule has 0 aliphatic rings. The zero-order valence-electron chi connectivity index (χ0n) is 11.5. The fourth-order valence-corrected chi connectivity index (χ4v) is 2.02. The molecule has 0 aromatic heterocycles. The van der Waals surface area contributed by atoms with E-state index in [0.29, 0.717) is 11.6 Å². The van der Waals surface area contributed by atoms with Crippen molar-refractivity contribution >= 4 is 17.6 Å². The molecule has 0 heterocycles. The van der Waals surface area contributed by atoms with Gasteiger partial charge in [-0.3, -0.25) is 5.32 Å². The second-order valence-electron chi connectivity index (χ2n) is 4.33. The van der Waals surface area contributed by atoms with E-state index in [2.05, 4.69) is 5.32 Å². The molecule has 1 rings (SSSR count). The number of hydrogen-bond acceptors (Lipinski definition) is 4. The topological polar surface area (TPSA) is 47.6 Å². The van der Waals surface area contributed by atoms with Crippen LogP contribution in [0.4, 0.5) is 0 Å². The first kappa shape index (κ1) is 16.0. The number of esters is 1. The van der Waals surface area contributed by atoms with Crippen molar-refractivity contribution < 1.29 is 14.3 Å². The van der Waals surface area contributed by atoms with E-state index in [-0.39, 0.29) is 12.0 Å². The quantitative estimate of drug-likeness (QED) is 0.782. The summed E-state index contributed by atoms with van der Waals surface area (Å²) in [7, 11) is 3.02. The lowest BCUT2D eigenvalue weighted by Crippen LogP contribution is -2.36. The lowest BCUT2D eigenvalue weighted by Gasteiger charge is -2.22. The molecule has 2 atom stereocenters. The van der Waals surface area contributed by atoms with Gasteiger partial charge in [-0.25, -0.2) is 4.79 Å². The van der Waals surface area contributed by atoms with Gasteiger partial charge in [-0.05, 0) is 25.0 Å². The van der Waals surface area contributed by atoms with E-state index in [1.165, 1.54) is 7.11 Å². The summed E-state index contributed by atoms with van der Waals surface area (Å²) in [6.45, 7) is 2.62. The van der Waals surface area contributed by atoms with Crippen LogP contribution in [0, 0.1) is 0 Å². The van der Waals surface area contributed by atoms with E-state index in [4.69, 9.17) is 21.1 Å². The average molecular weight is 286 g/mol. The Morgan fingerprint density at radius 3 is 2.63 bits per heavy atom. The van der Waals surface area contributed by atoms with Gasteiger partial charge in [0.15, 0.2) is 0 Å². The second-order valence-corrected chi connectivity index (χ2v) is 4.73. The lowest BCUT2D eigenvalue weighted by molar-refractivity contribution is -0.143. The maximum absolute atomic E-state index is 11.9. The number of methoxy groups -OCH3 is 2. The van der Waals surface area contributed by atoms with Crippen molar-refractivity contribution in [2.75, 3.05) is 20.8 Å². The fourth-order valence-electron chi connectivity index (χ4n) is 1.77. The zero-order valence-corrected chi connectivity index (χ0v) is 12.2. The Morgan fingerprint density at radius 1 is 1.37 bits per heavy atom. The first-order valence-corrected chi connectivity index (χ1v) is 6.55. The van der Waals surface area contributed by atoms with Crippen LogP contribution in [0.1, 0.15) is 24.9 Å². The lowest BCUT2D eigenvalue weighted by atomic mass is 10.1. The van der Waals surface area contributed by atoms with E-state index in [1.54, 1.807) is 13.2 Å². The molecule has 19 heavy (non-hydrogen) atoms. The zero-order chi connectivity index (χ0) is 14.3. The summed E-state index contributed by atoms with van der Waals surface area (Å²) < 4.78 is 9.86. The van der Waals surface area contributed by atoms with Crippen LogP contribution >= 0.6 is 11.6 Å². The standard InChI is InChI=1S/C14H20ClNO3/c1-10(8-9-18-2)16-13(14(17)19-3)11-6-4-5-7-12(11)15/h4-7,10,13,16H,8-9H2,1-3H3. The minimum atomic E-state index is -0.564. The Kier molecular flexibility index (Phi) is 6.84. The van der Waals surface area contributed by atoms with E-state index in [9.17, 15) is 4.79 Å². The Morgan fingerprint density at radius 2 is 2.05 bits per heavy atom. The number of benzene rings is 1. The molecule has 0 saturated carbocycles. The van der Waals surface area contributed by atoms with Gasteiger partial charge in [-0.15, -0.1) is 0 Å². The number of hydrogen-bond donors (Lipinski definition) is 1. The Balaban J connectivity index is 2.84. The van der Waals surface area contributed by atoms with Crippen LogP contribution in [0.5, 0.6) is 0 Å². The van der Waals surface area contributed by atoms with Crippen LogP contribution in [-0.2, 0) is 14.3 Å². The van der Waals surface area contributed by atoms with Crippen LogP contribution in [0.25, 0.3) is 0 Å². The molecule has 0 bridgehead atoms. The third-order valence-corrected chi connectivity index (χ3v) is 3.20. The third-order valence-electron chi connectivity index (χ3n) is 2.86. The SMILES string of the molecule is COCCC(C)NC(C(=O)OC)c1ccccc1Cl. The van der Waals surface area contributed by atoms with Gasteiger partial charge in [0.05, 0.1) is 7.11 Å². The largest absolute Gasteiger partial charge is 0.468 e. The van der Waals surface area contributed by atoms with Crippen molar-refractivity contribution in [1.82, 2.24) is 5.32 Å². The van der Waals surface area contributed by atoms with E-state index < -0.39 is 6.04 Å². The van der Waals surface area contributed by atoms with Crippen molar-refractivity contribution in [2.45, 2.75) is 25.4 Å². The highest BCUT2D eigenvalue weighted by Crippen LogP contribution is 2.24. The minimum absolute atomic E-state index is 0.111. The van der Waals surface area contributed by atoms with Gasteiger partial charge in [0, 0.05) is 24.8 Å². The molecule has 0 aliphatic heterocycles. The normalized spacial score (nSPS) is 13.9. The second kappa shape index (κ2) is 8.15. The van der Waals surface area contributed by atoms with Gasteiger partial charge < -0.3 is 9.47 Å². The summed E-state index contributed by atoms with van der Waals surface area (Å²) >= 11 is 6.14. The average Bonchev–Trinajstić information content (AvgIpc) is 2.42. The minimum Gasteiger partial charge on any atom is -0.468 e. The first-order chi connectivity index (χ1) is 9.10. The number of halogens is 1. The van der Waals surface area contributed by atoms with Crippen molar-refractivity contribution in [3.8, 4) is 0 Å². The van der Waals surface area contributed by atoms with Crippen LogP contribution in [0.15, 0.2) is 24.3 Å². The number of nitrogens with one attached hydrogen (secondary N) is 1. The fraction of sp³-hybridized carbons (Fsp3) is 0.500. The summed E-state index contributed by atoms with van der Waals surface area (Å²) in [6.07, 6.45) is 0.800. The monoisotopic (exact) mass is 285 g/mol. The molecule has 0 amide bonds. The first-order valence-electron chi connectivity index (χ1n) is 6.17. The van der Waals surface area contributed by atoms with Crippen molar-refractivity contribution in [2.24, 2.45) is 0 Å². The molecule has 1 N–H and O–H groups in total. The summed E-state index contributed by atoms with van der Waals surface area (Å²) in [5, 5.41) is 3.77. The smallest absolute Gasteiger partial charge is 0.327 e. The highest BCUT2D eigenvalue weighted by Gasteiger charge is 2.24. The Bertz CT molecular complexity index is 411. The predicted molar refractivity (Wildman–Crippen MR) is 75.3 cm³/mol. The molecule has 4 nitrogen and oxygen atoms in total. The van der Waals surface area contributed by atoms with Gasteiger partial charge in [0.25, 0.3) is 0 Å². The molecular weight excluding hydrogens is 266 g/mol. The van der Waals surface area contributed by atoms with Crippen molar-refractivity contribution in [3.63, 3.8) is 0 Å². The maximum Gasteiger partial charge on any atom is 0.327 e. The molecule has 5 heteroatoms. The number of carbonyl (C=O) groups excluding carboxylic acids is 1. The third kappa shape index (κ3) is 4.82. The molecule has 0 fully saturated rings. The number of ether oxygens (including phenoxy) is 2. The molecule has 0 radical (unpaired) electrons. The highest BCUT2D eigenvalue weighted by molar-refractivity contribution is 6.31. The number of carbonyl (C=O) groups is 1. The van der Waals surface area contributed by atoms with E-state index in [0.717, 1.165) is 12.0 Å². The van der Waals surface area contributed by atoms with Gasteiger partial charge in [-0.2, -0.15) is 0 Å². The number of rotatable bonds is 7. The summed E-state index contributed by atoms with van der Waals surface area (Å²) in [6, 6.07) is 6.80. The van der Waals surface area contributed by atoms with Gasteiger partial charge in [0.2, 0.25) is 0 Å². The van der Waals surface area contributed by atoms with Gasteiger partial charge in [0.1, 0.15) is 6.04 Å². The van der Waals surface area contributed by atoms with E-state index in [1.807, 2.05) is 25.1 Å². The van der Waals surface area contributed by atoms with Crippen LogP contribution in [-0.4, -0.2) is 32.8 Å². The summed E-state index contributed by atoms with van der Waals surface area (Å²) in [5.74, 6) is -0.350. The van der Waals surface area contributed by atoms with E-state index >= 15 is 0 Å². The van der Waals surface area contributed by atoms with Gasteiger partial charge in [-0.1, -0.05) is 29.8 Å². The Hall–Kier alpha value is -1.10. The summed E-state index contributed by atoms with van der Waals surface area (Å²) in [5.41, 5.74) is 0.722. The molecule has 1 aromatic rings. The maximum atomic E-state index is 11.9. The highest BCUT2D eigenvalue weighted by atomic mass is 35.5. The molecular formula is C14H20ClNO3. The van der Waals surface area contributed by atoms with Crippen molar-refractivity contribution in [1.29, 1.82) is 0 Å². The molecule has 1 aromatic carbocycles. The molecule has 0 saturated heterocycles. The molecule has 0 spiro atoms. The van der Waals surface area contributed by atoms with Crippen LogP contribution < -0.4 is 5.32 Å². The predicted octanol–water partition coefficient (Wildman–Crippen LogP) is 2.57. The van der Waals surface area contributed by atoms with Crippen LogP contribution in [0.2, 0.25) is 5.02 Å². The summed E-state index contributed by atoms with van der Waals surface area (Å²) in [4.78, 5) is 11.9. The molecule has 106 valence electrons. The molecule has 0 aliphatic carbocycles.